The number of aromatic nitrogens is 1. The van der Waals surface area contributed by atoms with Crippen LogP contribution in [0.15, 0.2) is 42.6 Å². The molecular weight excluding hydrogens is 231 g/mol. The fourth-order valence-electron chi connectivity index (χ4n) is 1.71. The molecule has 94 valence electrons. The summed E-state index contributed by atoms with van der Waals surface area (Å²) in [6.07, 6.45) is 1.66. The molecule has 1 aromatic heterocycles. The van der Waals surface area contributed by atoms with Crippen LogP contribution in [-0.2, 0) is 6.54 Å². The topological polar surface area (TPSA) is 54.2 Å². The number of rotatable bonds is 4. The van der Waals surface area contributed by atoms with E-state index in [9.17, 15) is 4.39 Å². The van der Waals surface area contributed by atoms with Crippen molar-refractivity contribution in [3.8, 4) is 0 Å². The van der Waals surface area contributed by atoms with E-state index in [1.165, 1.54) is 6.07 Å². The lowest BCUT2D eigenvalue weighted by atomic mass is 10.2. The Morgan fingerprint density at radius 2 is 2.11 bits per heavy atom. The second-order valence-electron chi connectivity index (χ2n) is 3.99. The van der Waals surface area contributed by atoms with Gasteiger partial charge in [-0.3, -0.25) is 0 Å². The molecule has 0 radical (unpaired) electrons. The van der Waals surface area contributed by atoms with E-state index >= 15 is 0 Å². The van der Waals surface area contributed by atoms with Crippen molar-refractivity contribution in [2.45, 2.75) is 6.54 Å². The molecule has 0 saturated carbocycles. The highest BCUT2D eigenvalue weighted by atomic mass is 19.1. The highest BCUT2D eigenvalue weighted by molar-refractivity contribution is 5.53. The number of hydrogen-bond donors (Lipinski definition) is 2. The summed E-state index contributed by atoms with van der Waals surface area (Å²) in [6.45, 7) is 0.487. The van der Waals surface area contributed by atoms with Gasteiger partial charge in [0.15, 0.2) is 0 Å². The molecule has 2 aromatic rings. The van der Waals surface area contributed by atoms with Gasteiger partial charge in [0, 0.05) is 37.1 Å². The van der Waals surface area contributed by atoms with Crippen LogP contribution in [0.5, 0.6) is 0 Å². The highest BCUT2D eigenvalue weighted by Crippen LogP contribution is 2.18. The minimum absolute atomic E-state index is 0.199. The van der Waals surface area contributed by atoms with E-state index in [1.54, 1.807) is 24.4 Å². The van der Waals surface area contributed by atoms with Gasteiger partial charge < -0.3 is 10.3 Å². The van der Waals surface area contributed by atoms with Gasteiger partial charge in [0.25, 0.3) is 0 Å². The van der Waals surface area contributed by atoms with Gasteiger partial charge >= 0.3 is 0 Å². The number of anilines is 2. The first-order chi connectivity index (χ1) is 8.70. The van der Waals surface area contributed by atoms with Crippen molar-refractivity contribution in [2.24, 2.45) is 5.84 Å². The van der Waals surface area contributed by atoms with Crippen molar-refractivity contribution >= 4 is 11.5 Å². The van der Waals surface area contributed by atoms with Crippen LogP contribution in [0.25, 0.3) is 0 Å². The van der Waals surface area contributed by atoms with E-state index in [4.69, 9.17) is 5.84 Å². The summed E-state index contributed by atoms with van der Waals surface area (Å²) in [5, 5.41) is 0. The van der Waals surface area contributed by atoms with Gasteiger partial charge in [-0.15, -0.1) is 0 Å². The summed E-state index contributed by atoms with van der Waals surface area (Å²) in [4.78, 5) is 5.96. The van der Waals surface area contributed by atoms with E-state index in [-0.39, 0.29) is 5.82 Å². The summed E-state index contributed by atoms with van der Waals surface area (Å²) in [6, 6.07) is 10.4. The minimum Gasteiger partial charge on any atom is -0.370 e. The molecule has 0 spiro atoms. The Bertz CT molecular complexity index is 530. The van der Waals surface area contributed by atoms with Crippen molar-refractivity contribution < 1.29 is 4.39 Å². The fourth-order valence-corrected chi connectivity index (χ4v) is 1.71. The molecule has 0 saturated heterocycles. The normalized spacial score (nSPS) is 10.2. The molecule has 1 aromatic carbocycles. The molecule has 0 amide bonds. The van der Waals surface area contributed by atoms with Crippen LogP contribution < -0.4 is 16.2 Å². The van der Waals surface area contributed by atoms with E-state index in [0.717, 1.165) is 5.69 Å². The molecular formula is C13H15FN4. The predicted octanol–water partition coefficient (Wildman–Crippen LogP) is 2.14. The Labute approximate surface area is 105 Å². The molecule has 0 unspecified atom stereocenters. The molecule has 0 aliphatic carbocycles. The number of pyridine rings is 1. The van der Waals surface area contributed by atoms with Crippen LogP contribution in [0, 0.1) is 5.82 Å². The largest absolute Gasteiger partial charge is 0.370 e. The SMILES string of the molecule is CN(Cc1ccccc1F)c1ccnc(NN)c1. The first-order valence-corrected chi connectivity index (χ1v) is 5.58. The zero-order valence-electron chi connectivity index (χ0n) is 10.1. The van der Waals surface area contributed by atoms with E-state index in [2.05, 4.69) is 10.4 Å². The zero-order valence-corrected chi connectivity index (χ0v) is 10.1. The maximum absolute atomic E-state index is 13.5. The number of nitrogens with zero attached hydrogens (tertiary/aromatic N) is 2. The average molecular weight is 246 g/mol. The van der Waals surface area contributed by atoms with Crippen LogP contribution in [-0.4, -0.2) is 12.0 Å². The summed E-state index contributed by atoms with van der Waals surface area (Å²) in [7, 11) is 1.89. The third kappa shape index (κ3) is 2.75. The molecule has 5 heteroatoms. The third-order valence-electron chi connectivity index (χ3n) is 2.70. The molecule has 0 aliphatic heterocycles. The molecule has 0 aliphatic rings. The lowest BCUT2D eigenvalue weighted by Gasteiger charge is -2.20. The smallest absolute Gasteiger partial charge is 0.141 e. The molecule has 18 heavy (non-hydrogen) atoms. The number of halogens is 1. The van der Waals surface area contributed by atoms with Gasteiger partial charge in [-0.2, -0.15) is 0 Å². The fraction of sp³-hybridized carbons (Fsp3) is 0.154. The highest BCUT2D eigenvalue weighted by Gasteiger charge is 2.06. The Hall–Kier alpha value is -2.14. The van der Waals surface area contributed by atoms with Crippen LogP contribution in [0.4, 0.5) is 15.9 Å². The number of nitrogens with two attached hydrogens (primary N) is 1. The van der Waals surface area contributed by atoms with Crippen molar-refractivity contribution in [2.75, 3.05) is 17.4 Å². The lowest BCUT2D eigenvalue weighted by Crippen LogP contribution is -2.18. The second kappa shape index (κ2) is 5.46. The Morgan fingerprint density at radius 3 is 2.83 bits per heavy atom. The van der Waals surface area contributed by atoms with Gasteiger partial charge in [0.2, 0.25) is 0 Å². The number of hydrogen-bond acceptors (Lipinski definition) is 4. The van der Waals surface area contributed by atoms with E-state index in [0.29, 0.717) is 17.9 Å². The zero-order chi connectivity index (χ0) is 13.0. The van der Waals surface area contributed by atoms with E-state index in [1.807, 2.05) is 24.1 Å². The van der Waals surface area contributed by atoms with Gasteiger partial charge in [0.1, 0.15) is 11.6 Å². The van der Waals surface area contributed by atoms with Crippen molar-refractivity contribution in [3.63, 3.8) is 0 Å². The summed E-state index contributed by atoms with van der Waals surface area (Å²) in [5.74, 6) is 5.68. The first kappa shape index (κ1) is 12.3. The summed E-state index contributed by atoms with van der Waals surface area (Å²) in [5.41, 5.74) is 4.06. The molecule has 2 rings (SSSR count). The first-order valence-electron chi connectivity index (χ1n) is 5.58. The molecule has 0 atom stereocenters. The molecule has 0 fully saturated rings. The number of benzene rings is 1. The van der Waals surface area contributed by atoms with Crippen LogP contribution in [0.1, 0.15) is 5.56 Å². The molecule has 0 bridgehead atoms. The number of nitrogen functional groups attached to an aromatic ring is 1. The monoisotopic (exact) mass is 246 g/mol. The van der Waals surface area contributed by atoms with Gasteiger partial charge in [0.05, 0.1) is 0 Å². The second-order valence-corrected chi connectivity index (χ2v) is 3.99. The van der Waals surface area contributed by atoms with E-state index < -0.39 is 0 Å². The Morgan fingerprint density at radius 1 is 1.33 bits per heavy atom. The molecule has 4 nitrogen and oxygen atoms in total. The minimum atomic E-state index is -0.199. The Balaban J connectivity index is 2.16. The van der Waals surface area contributed by atoms with Gasteiger partial charge in [-0.25, -0.2) is 15.2 Å². The van der Waals surface area contributed by atoms with Crippen LogP contribution >= 0.6 is 0 Å². The maximum Gasteiger partial charge on any atom is 0.141 e. The predicted molar refractivity (Wildman–Crippen MR) is 70.6 cm³/mol. The van der Waals surface area contributed by atoms with Gasteiger partial charge in [-0.1, -0.05) is 18.2 Å². The quantitative estimate of drug-likeness (QED) is 0.641. The Kier molecular flexibility index (Phi) is 3.74. The number of hydrazine groups is 1. The van der Waals surface area contributed by atoms with Crippen LogP contribution in [0.3, 0.4) is 0 Å². The van der Waals surface area contributed by atoms with Crippen molar-refractivity contribution in [3.05, 3.63) is 54.0 Å². The molecule has 3 N–H and O–H groups in total. The van der Waals surface area contributed by atoms with Crippen molar-refractivity contribution in [1.29, 1.82) is 0 Å². The number of nitrogens with one attached hydrogen (secondary N) is 1. The average Bonchev–Trinajstić information content (AvgIpc) is 2.41. The van der Waals surface area contributed by atoms with Gasteiger partial charge in [-0.05, 0) is 12.1 Å². The maximum atomic E-state index is 13.5. The summed E-state index contributed by atoms with van der Waals surface area (Å²) < 4.78 is 13.5. The third-order valence-corrected chi connectivity index (χ3v) is 2.70. The van der Waals surface area contributed by atoms with Crippen molar-refractivity contribution in [1.82, 2.24) is 4.98 Å². The summed E-state index contributed by atoms with van der Waals surface area (Å²) >= 11 is 0. The molecule has 1 heterocycles. The van der Waals surface area contributed by atoms with Crippen LogP contribution in [0.2, 0.25) is 0 Å². The lowest BCUT2D eigenvalue weighted by molar-refractivity contribution is 0.608. The standard InChI is InChI=1S/C13H15FN4/c1-18(9-10-4-2-3-5-12(10)14)11-6-7-16-13(8-11)17-15/h2-8H,9,15H2,1H3,(H,16,17).